The summed E-state index contributed by atoms with van der Waals surface area (Å²) < 4.78 is 16.7. The molecule has 0 atom stereocenters. The van der Waals surface area contributed by atoms with Crippen molar-refractivity contribution in [3.05, 3.63) is 64.1 Å². The predicted octanol–water partition coefficient (Wildman–Crippen LogP) is 6.31. The topological polar surface area (TPSA) is 68.9 Å². The lowest BCUT2D eigenvalue weighted by atomic mass is 10.1. The van der Waals surface area contributed by atoms with Crippen LogP contribution in [0, 0.1) is 0 Å². The molecule has 1 aromatic heterocycles. The molecule has 0 radical (unpaired) electrons. The number of hydrogen-bond donors (Lipinski definition) is 1. The van der Waals surface area contributed by atoms with Crippen LogP contribution in [0.2, 0.25) is 0 Å². The molecule has 5 nitrogen and oxygen atoms in total. The van der Waals surface area contributed by atoms with Crippen molar-refractivity contribution >= 4 is 11.0 Å². The van der Waals surface area contributed by atoms with Gasteiger partial charge in [0, 0.05) is 6.07 Å². The largest absolute Gasteiger partial charge is 0.499 e. The van der Waals surface area contributed by atoms with Crippen LogP contribution < -0.4 is 15.1 Å². The maximum Gasteiger partial charge on any atom is 0.382 e. The Kier molecular flexibility index (Phi) is 9.26. The van der Waals surface area contributed by atoms with Gasteiger partial charge in [-0.25, -0.2) is 4.79 Å². The molecule has 1 N–H and O–H groups in total. The lowest BCUT2D eigenvalue weighted by Crippen LogP contribution is -2.04. The number of ether oxygens (including phenoxy) is 2. The molecular formula is C25H32O5. The van der Waals surface area contributed by atoms with E-state index in [1.165, 1.54) is 11.1 Å². The lowest BCUT2D eigenvalue weighted by molar-refractivity contribution is 0.321. The summed E-state index contributed by atoms with van der Waals surface area (Å²) in [6, 6.07) is 5.15. The van der Waals surface area contributed by atoms with Gasteiger partial charge in [0.25, 0.3) is 0 Å². The Morgan fingerprint density at radius 3 is 2.63 bits per heavy atom. The van der Waals surface area contributed by atoms with Gasteiger partial charge in [-0.3, -0.25) is 0 Å². The Hall–Kier alpha value is -2.95. The average Bonchev–Trinajstić information content (AvgIpc) is 2.70. The first-order valence-corrected chi connectivity index (χ1v) is 10.4. The van der Waals surface area contributed by atoms with Gasteiger partial charge in [0.1, 0.15) is 17.9 Å². The maximum absolute atomic E-state index is 12.0. The van der Waals surface area contributed by atoms with E-state index in [4.69, 9.17) is 13.9 Å². The van der Waals surface area contributed by atoms with Gasteiger partial charge in [-0.05, 0) is 64.7 Å². The van der Waals surface area contributed by atoms with E-state index in [9.17, 15) is 9.90 Å². The molecule has 2 rings (SSSR count). The summed E-state index contributed by atoms with van der Waals surface area (Å²) in [6.45, 7) is 9.07. The van der Waals surface area contributed by atoms with Gasteiger partial charge >= 0.3 is 5.63 Å². The number of benzene rings is 1. The average molecular weight is 413 g/mol. The Morgan fingerprint density at radius 2 is 1.90 bits per heavy atom. The van der Waals surface area contributed by atoms with Gasteiger partial charge in [-0.2, -0.15) is 0 Å². The molecule has 30 heavy (non-hydrogen) atoms. The van der Waals surface area contributed by atoms with E-state index in [1.54, 1.807) is 18.2 Å². The molecule has 0 fully saturated rings. The van der Waals surface area contributed by atoms with Gasteiger partial charge in [-0.1, -0.05) is 36.3 Å². The Labute approximate surface area is 178 Å². The molecule has 0 saturated heterocycles. The Bertz CT molecular complexity index is 975. The Balaban J connectivity index is 2.11. The van der Waals surface area contributed by atoms with Crippen LogP contribution >= 0.6 is 0 Å². The maximum atomic E-state index is 12.0. The van der Waals surface area contributed by atoms with Crippen LogP contribution in [0.25, 0.3) is 11.0 Å². The van der Waals surface area contributed by atoms with Crippen molar-refractivity contribution in [2.24, 2.45) is 0 Å². The van der Waals surface area contributed by atoms with Crippen LogP contribution in [0.5, 0.6) is 17.2 Å². The van der Waals surface area contributed by atoms with Crippen molar-refractivity contribution in [1.82, 2.24) is 0 Å². The van der Waals surface area contributed by atoms with Crippen molar-refractivity contribution < 1.29 is 19.0 Å². The summed E-state index contributed by atoms with van der Waals surface area (Å²) in [7, 11) is 0. The van der Waals surface area contributed by atoms with Crippen molar-refractivity contribution in [3.63, 3.8) is 0 Å². The van der Waals surface area contributed by atoms with Crippen LogP contribution in [0.1, 0.15) is 53.4 Å². The second-order valence-electron chi connectivity index (χ2n) is 7.42. The third kappa shape index (κ3) is 7.14. The molecule has 0 aliphatic heterocycles. The lowest BCUT2D eigenvalue weighted by Gasteiger charge is -2.10. The van der Waals surface area contributed by atoms with Crippen molar-refractivity contribution in [1.29, 1.82) is 0 Å². The van der Waals surface area contributed by atoms with Gasteiger partial charge in [0.15, 0.2) is 5.75 Å². The van der Waals surface area contributed by atoms with E-state index in [1.807, 2.05) is 13.0 Å². The van der Waals surface area contributed by atoms with E-state index in [2.05, 4.69) is 39.0 Å². The zero-order chi connectivity index (χ0) is 21.9. The predicted molar refractivity (Wildman–Crippen MR) is 122 cm³/mol. The normalized spacial score (nSPS) is 11.8. The smallest absolute Gasteiger partial charge is 0.382 e. The van der Waals surface area contributed by atoms with Crippen LogP contribution in [-0.4, -0.2) is 18.3 Å². The van der Waals surface area contributed by atoms with Crippen molar-refractivity contribution in [3.8, 4) is 17.2 Å². The highest BCUT2D eigenvalue weighted by molar-refractivity contribution is 5.86. The molecule has 1 heterocycles. The SMILES string of the molecule is CC/C=C/CCOc1ccc2c(OC/C=C(\C)CCC=C(C)C)c(O)c(=O)oc2c1. The highest BCUT2D eigenvalue weighted by Crippen LogP contribution is 2.33. The molecule has 0 amide bonds. The molecule has 0 spiro atoms. The van der Waals surface area contributed by atoms with Crippen molar-refractivity contribution in [2.45, 2.75) is 53.4 Å². The van der Waals surface area contributed by atoms with Crippen LogP contribution in [-0.2, 0) is 0 Å². The summed E-state index contributed by atoms with van der Waals surface area (Å²) >= 11 is 0. The molecule has 0 saturated carbocycles. The third-order valence-electron chi connectivity index (χ3n) is 4.52. The summed E-state index contributed by atoms with van der Waals surface area (Å²) in [5.74, 6) is 0.214. The summed E-state index contributed by atoms with van der Waals surface area (Å²) in [5.41, 5.74) is 1.97. The monoisotopic (exact) mass is 412 g/mol. The van der Waals surface area contributed by atoms with Gasteiger partial charge < -0.3 is 19.0 Å². The van der Waals surface area contributed by atoms with Gasteiger partial charge in [-0.15, -0.1) is 0 Å². The molecule has 162 valence electrons. The van der Waals surface area contributed by atoms with Gasteiger partial charge in [0.2, 0.25) is 5.75 Å². The van der Waals surface area contributed by atoms with Crippen LogP contribution in [0.4, 0.5) is 0 Å². The standard InChI is InChI=1S/C25H32O5/c1-5-6-7-8-15-28-20-12-13-21-22(17-20)30-25(27)23(26)24(21)29-16-14-19(4)11-9-10-18(2)3/h6-7,10,12-14,17,26H,5,8-9,11,15-16H2,1-4H3/b7-6+,19-14+. The number of aromatic hydroxyl groups is 1. The molecular weight excluding hydrogens is 380 g/mol. The summed E-state index contributed by atoms with van der Waals surface area (Å²) in [4.78, 5) is 12.0. The molecule has 2 aromatic rings. The van der Waals surface area contributed by atoms with E-state index in [0.717, 1.165) is 25.7 Å². The zero-order valence-corrected chi connectivity index (χ0v) is 18.4. The fraction of sp³-hybridized carbons (Fsp3) is 0.400. The second-order valence-corrected chi connectivity index (χ2v) is 7.42. The zero-order valence-electron chi connectivity index (χ0n) is 18.4. The van der Waals surface area contributed by atoms with Gasteiger partial charge in [0.05, 0.1) is 12.0 Å². The summed E-state index contributed by atoms with van der Waals surface area (Å²) in [6.07, 6.45) is 12.0. The van der Waals surface area contributed by atoms with Crippen molar-refractivity contribution in [2.75, 3.05) is 13.2 Å². The van der Waals surface area contributed by atoms with E-state index in [-0.39, 0.29) is 12.4 Å². The number of hydrogen-bond acceptors (Lipinski definition) is 5. The molecule has 1 aromatic carbocycles. The quantitative estimate of drug-likeness (QED) is 0.266. The first kappa shape index (κ1) is 23.3. The fourth-order valence-corrected chi connectivity index (χ4v) is 2.87. The second kappa shape index (κ2) is 11.9. The van der Waals surface area contributed by atoms with E-state index < -0.39 is 11.4 Å². The third-order valence-corrected chi connectivity index (χ3v) is 4.52. The number of allylic oxidation sites excluding steroid dienone is 4. The number of fused-ring (bicyclic) bond motifs is 1. The first-order chi connectivity index (χ1) is 14.4. The minimum absolute atomic E-state index is 0.132. The molecule has 5 heteroatoms. The van der Waals surface area contributed by atoms with Crippen LogP contribution in [0.15, 0.2) is 62.9 Å². The molecule has 0 unspecified atom stereocenters. The fourth-order valence-electron chi connectivity index (χ4n) is 2.87. The molecule has 0 bridgehead atoms. The first-order valence-electron chi connectivity index (χ1n) is 10.4. The highest BCUT2D eigenvalue weighted by atomic mass is 16.5. The number of rotatable bonds is 11. The molecule has 0 aliphatic carbocycles. The van der Waals surface area contributed by atoms with E-state index in [0.29, 0.717) is 23.3 Å². The minimum atomic E-state index is -0.829. The highest BCUT2D eigenvalue weighted by Gasteiger charge is 2.15. The van der Waals surface area contributed by atoms with Crippen LogP contribution in [0.3, 0.4) is 0 Å². The minimum Gasteiger partial charge on any atom is -0.499 e. The Morgan fingerprint density at radius 1 is 1.10 bits per heavy atom. The molecule has 0 aliphatic rings. The summed E-state index contributed by atoms with van der Waals surface area (Å²) in [5, 5.41) is 10.7. The van der Waals surface area contributed by atoms with E-state index >= 15 is 0 Å².